The molecular weight excluding hydrogens is 208 g/mol. The van der Waals surface area contributed by atoms with Crippen LogP contribution >= 0.6 is 0 Å². The normalized spacial score (nSPS) is 19.3. The van der Waals surface area contributed by atoms with Crippen LogP contribution in [0, 0.1) is 6.92 Å². The third-order valence-electron chi connectivity index (χ3n) is 3.69. The van der Waals surface area contributed by atoms with Crippen LogP contribution in [0.2, 0.25) is 0 Å². The smallest absolute Gasteiger partial charge is 0.0861 e. The zero-order valence-electron chi connectivity index (χ0n) is 9.93. The first kappa shape index (κ1) is 10.5. The summed E-state index contributed by atoms with van der Waals surface area (Å²) in [6, 6.07) is 16.6. The summed E-state index contributed by atoms with van der Waals surface area (Å²) in [5.41, 5.74) is 4.94. The number of aryl methyl sites for hydroxylation is 1. The Bertz CT molecular complexity index is 527. The zero-order chi connectivity index (χ0) is 11.8. The van der Waals surface area contributed by atoms with Gasteiger partial charge in [-0.1, -0.05) is 54.1 Å². The SMILES string of the molecule is Cc1ccc(C(O)C2Cc3ccccc32)cc1. The number of hydrogen-bond donors (Lipinski definition) is 1. The molecule has 1 aliphatic carbocycles. The molecule has 2 aromatic carbocycles. The zero-order valence-corrected chi connectivity index (χ0v) is 9.93. The number of aliphatic hydroxyl groups is 1. The Morgan fingerprint density at radius 2 is 1.76 bits per heavy atom. The van der Waals surface area contributed by atoms with Gasteiger partial charge in [-0.15, -0.1) is 0 Å². The summed E-state index contributed by atoms with van der Waals surface area (Å²) in [4.78, 5) is 0. The molecule has 86 valence electrons. The molecule has 2 atom stereocenters. The van der Waals surface area contributed by atoms with Gasteiger partial charge in [0.05, 0.1) is 6.10 Å². The standard InChI is InChI=1S/C16H16O/c1-11-6-8-12(9-7-11)16(17)15-10-13-4-2-3-5-14(13)15/h2-9,15-17H,10H2,1H3. The second kappa shape index (κ2) is 4.01. The Morgan fingerprint density at radius 3 is 2.47 bits per heavy atom. The monoisotopic (exact) mass is 224 g/mol. The van der Waals surface area contributed by atoms with Crippen molar-refractivity contribution in [3.8, 4) is 0 Å². The van der Waals surface area contributed by atoms with Crippen LogP contribution in [0.25, 0.3) is 0 Å². The lowest BCUT2D eigenvalue weighted by Crippen LogP contribution is -2.23. The van der Waals surface area contributed by atoms with E-state index in [2.05, 4.69) is 37.3 Å². The van der Waals surface area contributed by atoms with E-state index in [1.54, 1.807) is 0 Å². The van der Waals surface area contributed by atoms with E-state index in [1.807, 2.05) is 18.2 Å². The predicted octanol–water partition coefficient (Wildman–Crippen LogP) is 3.37. The molecule has 17 heavy (non-hydrogen) atoms. The van der Waals surface area contributed by atoms with Crippen molar-refractivity contribution in [3.63, 3.8) is 0 Å². The maximum atomic E-state index is 10.4. The summed E-state index contributed by atoms with van der Waals surface area (Å²) in [6.07, 6.45) is 0.621. The summed E-state index contributed by atoms with van der Waals surface area (Å²) >= 11 is 0. The molecule has 0 fully saturated rings. The molecule has 3 rings (SSSR count). The molecule has 2 aromatic rings. The molecule has 1 nitrogen and oxygen atoms in total. The Balaban J connectivity index is 1.86. The minimum absolute atomic E-state index is 0.272. The summed E-state index contributed by atoms with van der Waals surface area (Å²) in [6.45, 7) is 2.06. The third kappa shape index (κ3) is 1.77. The lowest BCUT2D eigenvalue weighted by molar-refractivity contribution is 0.134. The fraction of sp³-hybridized carbons (Fsp3) is 0.250. The number of hydrogen-bond acceptors (Lipinski definition) is 1. The first-order chi connectivity index (χ1) is 8.25. The molecule has 0 heterocycles. The van der Waals surface area contributed by atoms with Gasteiger partial charge in [-0.2, -0.15) is 0 Å². The number of fused-ring (bicyclic) bond motifs is 1. The van der Waals surface area contributed by atoms with Crippen molar-refractivity contribution in [2.45, 2.75) is 25.4 Å². The summed E-state index contributed by atoms with van der Waals surface area (Å²) < 4.78 is 0. The number of aliphatic hydroxyl groups excluding tert-OH is 1. The molecule has 1 aliphatic rings. The highest BCUT2D eigenvalue weighted by Crippen LogP contribution is 2.43. The summed E-state index contributed by atoms with van der Waals surface area (Å²) in [7, 11) is 0. The van der Waals surface area contributed by atoms with E-state index >= 15 is 0 Å². The van der Waals surface area contributed by atoms with Gasteiger partial charge in [0.2, 0.25) is 0 Å². The maximum absolute atomic E-state index is 10.4. The van der Waals surface area contributed by atoms with Crippen LogP contribution in [0.3, 0.4) is 0 Å². The van der Waals surface area contributed by atoms with E-state index in [4.69, 9.17) is 0 Å². The van der Waals surface area contributed by atoms with Crippen LogP contribution < -0.4 is 0 Å². The van der Waals surface area contributed by atoms with Gasteiger partial charge in [-0.3, -0.25) is 0 Å². The lowest BCUT2D eigenvalue weighted by Gasteiger charge is -2.34. The van der Waals surface area contributed by atoms with Crippen molar-refractivity contribution >= 4 is 0 Å². The predicted molar refractivity (Wildman–Crippen MR) is 69.0 cm³/mol. The van der Waals surface area contributed by atoms with Gasteiger partial charge in [-0.25, -0.2) is 0 Å². The highest BCUT2D eigenvalue weighted by Gasteiger charge is 2.32. The topological polar surface area (TPSA) is 20.2 Å². The molecule has 0 radical (unpaired) electrons. The van der Waals surface area contributed by atoms with Gasteiger partial charge in [0.1, 0.15) is 0 Å². The van der Waals surface area contributed by atoms with E-state index < -0.39 is 0 Å². The first-order valence-electron chi connectivity index (χ1n) is 6.08. The number of benzene rings is 2. The van der Waals surface area contributed by atoms with Gasteiger partial charge in [0.25, 0.3) is 0 Å². The maximum Gasteiger partial charge on any atom is 0.0861 e. The first-order valence-corrected chi connectivity index (χ1v) is 6.08. The van der Waals surface area contributed by atoms with Crippen LogP contribution in [-0.2, 0) is 6.42 Å². The highest BCUT2D eigenvalue weighted by atomic mass is 16.3. The minimum Gasteiger partial charge on any atom is -0.388 e. The van der Waals surface area contributed by atoms with Gasteiger partial charge < -0.3 is 5.11 Å². The van der Waals surface area contributed by atoms with E-state index in [1.165, 1.54) is 16.7 Å². The summed E-state index contributed by atoms with van der Waals surface area (Å²) in [5.74, 6) is 0.272. The van der Waals surface area contributed by atoms with Gasteiger partial charge >= 0.3 is 0 Å². The third-order valence-corrected chi connectivity index (χ3v) is 3.69. The Kier molecular flexibility index (Phi) is 2.49. The van der Waals surface area contributed by atoms with Crippen LogP contribution in [0.5, 0.6) is 0 Å². The van der Waals surface area contributed by atoms with Crippen molar-refractivity contribution in [2.24, 2.45) is 0 Å². The van der Waals surface area contributed by atoms with Gasteiger partial charge in [0, 0.05) is 5.92 Å². The van der Waals surface area contributed by atoms with Crippen molar-refractivity contribution in [2.75, 3.05) is 0 Å². The Labute approximate surface area is 102 Å². The summed E-state index contributed by atoms with van der Waals surface area (Å²) in [5, 5.41) is 10.4. The Hall–Kier alpha value is -1.60. The molecule has 0 saturated carbocycles. The lowest BCUT2D eigenvalue weighted by atomic mass is 9.73. The molecular formula is C16H16O. The average Bonchev–Trinajstić information content (AvgIpc) is 2.31. The fourth-order valence-corrected chi connectivity index (χ4v) is 2.58. The molecule has 1 heteroatoms. The van der Waals surface area contributed by atoms with Crippen LogP contribution in [0.1, 0.15) is 34.3 Å². The van der Waals surface area contributed by atoms with Crippen molar-refractivity contribution < 1.29 is 5.11 Å². The largest absolute Gasteiger partial charge is 0.388 e. The molecule has 0 bridgehead atoms. The molecule has 0 amide bonds. The van der Waals surface area contributed by atoms with E-state index in [-0.39, 0.29) is 12.0 Å². The number of rotatable bonds is 2. The quantitative estimate of drug-likeness (QED) is 0.829. The van der Waals surface area contributed by atoms with Crippen molar-refractivity contribution in [1.82, 2.24) is 0 Å². The van der Waals surface area contributed by atoms with Gasteiger partial charge in [0.15, 0.2) is 0 Å². The molecule has 2 unspecified atom stereocenters. The fourth-order valence-electron chi connectivity index (χ4n) is 2.58. The molecule has 1 N–H and O–H groups in total. The average molecular weight is 224 g/mol. The van der Waals surface area contributed by atoms with Crippen LogP contribution in [0.4, 0.5) is 0 Å². The highest BCUT2D eigenvalue weighted by molar-refractivity contribution is 5.42. The van der Waals surface area contributed by atoms with E-state index in [9.17, 15) is 5.11 Å². The second-order valence-corrected chi connectivity index (χ2v) is 4.86. The molecule has 0 aromatic heterocycles. The molecule has 0 aliphatic heterocycles. The second-order valence-electron chi connectivity index (χ2n) is 4.86. The minimum atomic E-state index is -0.370. The van der Waals surface area contributed by atoms with Crippen molar-refractivity contribution in [1.29, 1.82) is 0 Å². The molecule has 0 spiro atoms. The van der Waals surface area contributed by atoms with Crippen LogP contribution in [-0.4, -0.2) is 5.11 Å². The van der Waals surface area contributed by atoms with E-state index in [0.717, 1.165) is 12.0 Å². The van der Waals surface area contributed by atoms with Crippen molar-refractivity contribution in [3.05, 3.63) is 70.8 Å². The van der Waals surface area contributed by atoms with Gasteiger partial charge in [-0.05, 0) is 30.0 Å². The molecule has 0 saturated heterocycles. The van der Waals surface area contributed by atoms with Crippen LogP contribution in [0.15, 0.2) is 48.5 Å². The van der Waals surface area contributed by atoms with E-state index in [0.29, 0.717) is 0 Å². The Morgan fingerprint density at radius 1 is 1.06 bits per heavy atom.